The van der Waals surface area contributed by atoms with Gasteiger partial charge in [0.05, 0.1) is 6.61 Å². The van der Waals surface area contributed by atoms with E-state index in [-0.39, 0.29) is 12.4 Å². The summed E-state index contributed by atoms with van der Waals surface area (Å²) in [6, 6.07) is 0. The molecule has 1 aromatic heterocycles. The smallest absolute Gasteiger partial charge is 0.351 e. The van der Waals surface area contributed by atoms with Crippen molar-refractivity contribution < 1.29 is 19.7 Å². The van der Waals surface area contributed by atoms with E-state index in [0.717, 1.165) is 0 Å². The van der Waals surface area contributed by atoms with E-state index in [9.17, 15) is 15.0 Å². The van der Waals surface area contributed by atoms with Gasteiger partial charge in [-0.1, -0.05) is 5.92 Å². The van der Waals surface area contributed by atoms with Gasteiger partial charge in [0.2, 0.25) is 0 Å². The Hall–Kier alpha value is -1.92. The molecule has 1 aliphatic rings. The van der Waals surface area contributed by atoms with Gasteiger partial charge in [0, 0.05) is 11.8 Å². The molecular weight excluding hydrogens is 278 g/mol. The van der Waals surface area contributed by atoms with Crippen molar-refractivity contribution in [3.63, 3.8) is 0 Å². The lowest BCUT2D eigenvalue weighted by Crippen LogP contribution is -2.38. The van der Waals surface area contributed by atoms with Gasteiger partial charge in [-0.15, -0.1) is 6.42 Å². The molecular formula is C13H17N3O5. The number of terminal acetylenes is 1. The number of rotatable bonds is 4. The molecule has 0 bridgehead atoms. The molecule has 4 atom stereocenters. The Morgan fingerprint density at radius 3 is 3.00 bits per heavy atom. The van der Waals surface area contributed by atoms with Crippen molar-refractivity contribution in [2.24, 2.45) is 0 Å². The summed E-state index contributed by atoms with van der Waals surface area (Å²) >= 11 is 0. The monoisotopic (exact) mass is 295 g/mol. The summed E-state index contributed by atoms with van der Waals surface area (Å²) in [5.41, 5.74) is 5.51. The Morgan fingerprint density at radius 2 is 2.38 bits per heavy atom. The maximum atomic E-state index is 12.0. The molecule has 0 aliphatic carbocycles. The van der Waals surface area contributed by atoms with E-state index >= 15 is 0 Å². The third-order valence-corrected chi connectivity index (χ3v) is 3.30. The van der Waals surface area contributed by atoms with E-state index in [0.29, 0.717) is 5.56 Å². The van der Waals surface area contributed by atoms with Crippen LogP contribution < -0.4 is 11.4 Å². The van der Waals surface area contributed by atoms with Crippen LogP contribution in [0.25, 0.3) is 0 Å². The van der Waals surface area contributed by atoms with Crippen LogP contribution in [0.5, 0.6) is 0 Å². The van der Waals surface area contributed by atoms with Gasteiger partial charge >= 0.3 is 5.69 Å². The molecule has 1 fully saturated rings. The lowest BCUT2D eigenvalue weighted by atomic mass is 10.1. The van der Waals surface area contributed by atoms with Gasteiger partial charge in [-0.25, -0.2) is 4.79 Å². The molecule has 0 saturated carbocycles. The number of ether oxygens (including phenoxy) is 2. The second kappa shape index (κ2) is 6.24. The highest BCUT2D eigenvalue weighted by Crippen LogP contribution is 2.31. The van der Waals surface area contributed by atoms with Crippen molar-refractivity contribution in [2.75, 3.05) is 18.9 Å². The minimum absolute atomic E-state index is 0.0597. The Morgan fingerprint density at radius 1 is 1.67 bits per heavy atom. The number of aryl methyl sites for hydroxylation is 1. The molecule has 21 heavy (non-hydrogen) atoms. The summed E-state index contributed by atoms with van der Waals surface area (Å²) in [4.78, 5) is 15.6. The van der Waals surface area contributed by atoms with Gasteiger partial charge in [-0.2, -0.15) is 4.98 Å². The summed E-state index contributed by atoms with van der Waals surface area (Å²) in [6.07, 6.45) is 2.79. The maximum absolute atomic E-state index is 12.0. The second-order valence-corrected chi connectivity index (χ2v) is 4.72. The minimum atomic E-state index is -1.11. The average molecular weight is 295 g/mol. The van der Waals surface area contributed by atoms with E-state index in [1.165, 1.54) is 10.8 Å². The van der Waals surface area contributed by atoms with Crippen molar-refractivity contribution in [3.05, 3.63) is 22.2 Å². The number of aliphatic hydroxyl groups excluding tert-OH is 2. The summed E-state index contributed by atoms with van der Waals surface area (Å²) in [6.45, 7) is 1.21. The van der Waals surface area contributed by atoms with E-state index in [4.69, 9.17) is 21.6 Å². The van der Waals surface area contributed by atoms with Gasteiger partial charge < -0.3 is 25.4 Å². The average Bonchev–Trinajstić information content (AvgIpc) is 2.77. The highest BCUT2D eigenvalue weighted by Gasteiger charge is 2.45. The molecule has 0 aromatic carbocycles. The first-order valence-corrected chi connectivity index (χ1v) is 6.34. The standard InChI is InChI=1S/C13H17N3O5/c1-3-4-20-10-9(18)8(6-17)21-12(10)16-5-7(2)11(14)15-13(16)19/h1,5,8-10,12,17-18H,4,6H2,2H3,(H2,14,15,19)/t8-,9-,10-,12-/m1/s1. The fourth-order valence-electron chi connectivity index (χ4n) is 2.18. The highest BCUT2D eigenvalue weighted by atomic mass is 16.6. The molecule has 1 aliphatic heterocycles. The van der Waals surface area contributed by atoms with Crippen LogP contribution in [0, 0.1) is 19.3 Å². The predicted molar refractivity (Wildman–Crippen MR) is 73.2 cm³/mol. The number of nitrogen functional groups attached to an aromatic ring is 1. The minimum Gasteiger partial charge on any atom is -0.394 e. The van der Waals surface area contributed by atoms with E-state index in [1.54, 1.807) is 6.92 Å². The zero-order valence-electron chi connectivity index (χ0n) is 11.5. The largest absolute Gasteiger partial charge is 0.394 e. The number of aromatic nitrogens is 2. The van der Waals surface area contributed by atoms with Crippen LogP contribution in [0.1, 0.15) is 11.8 Å². The molecule has 2 heterocycles. The van der Waals surface area contributed by atoms with Gasteiger partial charge in [-0.3, -0.25) is 4.57 Å². The van der Waals surface area contributed by atoms with Gasteiger partial charge in [-0.05, 0) is 6.92 Å². The zero-order valence-corrected chi connectivity index (χ0v) is 11.5. The topological polar surface area (TPSA) is 120 Å². The Bertz CT molecular complexity index is 609. The molecule has 1 aromatic rings. The number of nitrogens with two attached hydrogens (primary N) is 1. The number of hydrogen-bond donors (Lipinski definition) is 3. The second-order valence-electron chi connectivity index (χ2n) is 4.72. The summed E-state index contributed by atoms with van der Waals surface area (Å²) in [7, 11) is 0. The molecule has 8 heteroatoms. The van der Waals surface area contributed by atoms with E-state index in [2.05, 4.69) is 10.9 Å². The lowest BCUT2D eigenvalue weighted by Gasteiger charge is -2.21. The zero-order chi connectivity index (χ0) is 15.6. The van der Waals surface area contributed by atoms with Crippen molar-refractivity contribution >= 4 is 5.82 Å². The van der Waals surface area contributed by atoms with Gasteiger partial charge in [0.1, 0.15) is 30.7 Å². The normalized spacial score (nSPS) is 28.5. The Labute approximate surface area is 121 Å². The third-order valence-electron chi connectivity index (χ3n) is 3.30. The van der Waals surface area contributed by atoms with Crippen LogP contribution in [-0.2, 0) is 9.47 Å². The fourth-order valence-corrected chi connectivity index (χ4v) is 2.18. The van der Waals surface area contributed by atoms with Crippen molar-refractivity contribution in [1.29, 1.82) is 0 Å². The third kappa shape index (κ3) is 2.91. The van der Waals surface area contributed by atoms with Crippen LogP contribution in [-0.4, -0.2) is 51.3 Å². The van der Waals surface area contributed by atoms with Crippen molar-refractivity contribution in [1.82, 2.24) is 9.55 Å². The van der Waals surface area contributed by atoms with Crippen molar-refractivity contribution in [2.45, 2.75) is 31.5 Å². The fraction of sp³-hybridized carbons (Fsp3) is 0.538. The lowest BCUT2D eigenvalue weighted by molar-refractivity contribution is -0.0677. The van der Waals surface area contributed by atoms with E-state index < -0.39 is 36.8 Å². The molecule has 2 rings (SSSR count). The summed E-state index contributed by atoms with van der Waals surface area (Å²) < 4.78 is 12.0. The summed E-state index contributed by atoms with van der Waals surface area (Å²) in [5, 5.41) is 19.3. The van der Waals surface area contributed by atoms with Crippen LogP contribution in [0.3, 0.4) is 0 Å². The Balaban J connectivity index is 2.38. The maximum Gasteiger partial charge on any atom is 0.351 e. The Kier molecular flexibility index (Phi) is 4.59. The van der Waals surface area contributed by atoms with E-state index in [1.807, 2.05) is 0 Å². The van der Waals surface area contributed by atoms with Crippen LogP contribution in [0.15, 0.2) is 11.0 Å². The first-order valence-electron chi connectivity index (χ1n) is 6.34. The first kappa shape index (κ1) is 15.5. The number of hydrogen-bond acceptors (Lipinski definition) is 7. The van der Waals surface area contributed by atoms with Crippen LogP contribution in [0.4, 0.5) is 5.82 Å². The molecule has 1 saturated heterocycles. The number of nitrogens with zero attached hydrogens (tertiary/aromatic N) is 2. The first-order chi connectivity index (χ1) is 9.99. The molecule has 8 nitrogen and oxygen atoms in total. The number of aliphatic hydroxyl groups is 2. The summed E-state index contributed by atoms with van der Waals surface area (Å²) in [5.74, 6) is 2.40. The van der Waals surface area contributed by atoms with Gasteiger partial charge in [0.25, 0.3) is 0 Å². The van der Waals surface area contributed by atoms with Crippen LogP contribution >= 0.6 is 0 Å². The quantitative estimate of drug-likeness (QED) is 0.572. The molecule has 0 radical (unpaired) electrons. The SMILES string of the molecule is C#CCO[C@@H]1[C@H](O)[C@@H](CO)O[C@H]1n1cc(C)c(N)nc1=O. The molecule has 0 unspecified atom stereocenters. The molecule has 0 amide bonds. The molecule has 4 N–H and O–H groups in total. The highest BCUT2D eigenvalue weighted by molar-refractivity contribution is 5.35. The number of anilines is 1. The molecule has 114 valence electrons. The van der Waals surface area contributed by atoms with Crippen molar-refractivity contribution in [3.8, 4) is 12.3 Å². The van der Waals surface area contributed by atoms with Gasteiger partial charge in [0.15, 0.2) is 6.23 Å². The predicted octanol–water partition coefficient (Wildman–Crippen LogP) is -1.60. The molecule has 0 spiro atoms. The van der Waals surface area contributed by atoms with Crippen LogP contribution in [0.2, 0.25) is 0 Å².